The smallest absolute Gasteiger partial charge is 0.102 e. The van der Waals surface area contributed by atoms with Crippen molar-refractivity contribution >= 4 is 11.6 Å². The fraction of sp³-hybridized carbons (Fsp3) is 0.333. The van der Waals surface area contributed by atoms with Crippen LogP contribution in [0.25, 0.3) is 0 Å². The van der Waals surface area contributed by atoms with Gasteiger partial charge in [-0.25, -0.2) is 0 Å². The molecule has 74 valence electrons. The van der Waals surface area contributed by atoms with E-state index in [1.165, 1.54) is 0 Å². The molecular formula is C12H14ClN. The van der Waals surface area contributed by atoms with Crippen LogP contribution in [-0.4, -0.2) is 6.54 Å². The van der Waals surface area contributed by atoms with Crippen molar-refractivity contribution in [2.45, 2.75) is 19.4 Å². The van der Waals surface area contributed by atoms with E-state index in [4.69, 9.17) is 18.0 Å². The quantitative estimate of drug-likeness (QED) is 0.752. The number of hydrogen-bond donors (Lipinski definition) is 1. The third-order valence-corrected chi connectivity index (χ3v) is 2.49. The average Bonchev–Trinajstić information content (AvgIpc) is 2.19. The molecule has 0 heterocycles. The van der Waals surface area contributed by atoms with Crippen molar-refractivity contribution in [3.8, 4) is 12.3 Å². The maximum absolute atomic E-state index is 5.81. The van der Waals surface area contributed by atoms with Crippen LogP contribution in [0.15, 0.2) is 24.3 Å². The van der Waals surface area contributed by atoms with Crippen molar-refractivity contribution < 1.29 is 0 Å². The van der Waals surface area contributed by atoms with E-state index in [1.807, 2.05) is 38.1 Å². The molecule has 0 aliphatic carbocycles. The predicted molar refractivity (Wildman–Crippen MR) is 61.3 cm³/mol. The summed E-state index contributed by atoms with van der Waals surface area (Å²) in [5.74, 6) is 2.76. The average molecular weight is 208 g/mol. The molecule has 2 heteroatoms. The zero-order valence-electron chi connectivity index (χ0n) is 8.47. The first-order valence-corrected chi connectivity index (χ1v) is 4.99. The van der Waals surface area contributed by atoms with Crippen LogP contribution < -0.4 is 5.32 Å². The largest absolute Gasteiger partial charge is 0.298 e. The van der Waals surface area contributed by atoms with Crippen LogP contribution in [0.2, 0.25) is 5.02 Å². The van der Waals surface area contributed by atoms with E-state index in [0.29, 0.717) is 0 Å². The van der Waals surface area contributed by atoms with Crippen LogP contribution in [0.5, 0.6) is 0 Å². The Morgan fingerprint density at radius 2 is 2.00 bits per heavy atom. The summed E-state index contributed by atoms with van der Waals surface area (Å²) in [7, 11) is 0. The van der Waals surface area contributed by atoms with E-state index in [0.717, 1.165) is 17.1 Å². The molecule has 1 atom stereocenters. The lowest BCUT2D eigenvalue weighted by molar-refractivity contribution is 0.488. The van der Waals surface area contributed by atoms with Gasteiger partial charge in [-0.1, -0.05) is 36.6 Å². The SMILES string of the molecule is C#CC(C)(NCC)c1ccc(Cl)cc1. The van der Waals surface area contributed by atoms with Crippen molar-refractivity contribution in [2.24, 2.45) is 0 Å². The summed E-state index contributed by atoms with van der Waals surface area (Å²) in [4.78, 5) is 0. The summed E-state index contributed by atoms with van der Waals surface area (Å²) in [5.41, 5.74) is 0.658. The molecule has 0 aromatic heterocycles. The number of benzene rings is 1. The van der Waals surface area contributed by atoms with Crippen LogP contribution >= 0.6 is 11.6 Å². The molecule has 1 rings (SSSR count). The second-order valence-electron chi connectivity index (χ2n) is 3.31. The van der Waals surface area contributed by atoms with Crippen molar-refractivity contribution in [1.82, 2.24) is 5.32 Å². The second kappa shape index (κ2) is 4.50. The van der Waals surface area contributed by atoms with E-state index in [-0.39, 0.29) is 0 Å². The Labute approximate surface area is 90.5 Å². The molecule has 0 fully saturated rings. The highest BCUT2D eigenvalue weighted by atomic mass is 35.5. The monoisotopic (exact) mass is 207 g/mol. The molecule has 0 radical (unpaired) electrons. The molecule has 1 aromatic carbocycles. The summed E-state index contributed by atoms with van der Waals surface area (Å²) in [6, 6.07) is 7.60. The Morgan fingerprint density at radius 1 is 1.43 bits per heavy atom. The number of terminal acetylenes is 1. The minimum absolute atomic E-state index is 0.403. The summed E-state index contributed by atoms with van der Waals surface area (Å²) < 4.78 is 0. The predicted octanol–water partition coefficient (Wildman–Crippen LogP) is 2.80. The summed E-state index contributed by atoms with van der Waals surface area (Å²) in [5, 5.41) is 3.99. The Bertz CT molecular complexity index is 336. The van der Waals surface area contributed by atoms with Crippen LogP contribution in [0.1, 0.15) is 19.4 Å². The van der Waals surface area contributed by atoms with Gasteiger partial charge in [0.25, 0.3) is 0 Å². The highest BCUT2D eigenvalue weighted by Crippen LogP contribution is 2.21. The van der Waals surface area contributed by atoms with Gasteiger partial charge in [-0.2, -0.15) is 0 Å². The number of halogens is 1. The zero-order valence-corrected chi connectivity index (χ0v) is 9.23. The third kappa shape index (κ3) is 2.29. The molecule has 1 unspecified atom stereocenters. The Morgan fingerprint density at radius 3 is 2.43 bits per heavy atom. The van der Waals surface area contributed by atoms with E-state index >= 15 is 0 Å². The standard InChI is InChI=1S/C12H14ClN/c1-4-12(3,14-5-2)10-6-8-11(13)9-7-10/h1,6-9,14H,5H2,2-3H3. The summed E-state index contributed by atoms with van der Waals surface area (Å²) >= 11 is 5.81. The van der Waals surface area contributed by atoms with Gasteiger partial charge in [0.05, 0.1) is 0 Å². The van der Waals surface area contributed by atoms with Crippen LogP contribution in [0, 0.1) is 12.3 Å². The molecule has 0 saturated carbocycles. The van der Waals surface area contributed by atoms with Crippen molar-refractivity contribution in [3.63, 3.8) is 0 Å². The second-order valence-corrected chi connectivity index (χ2v) is 3.74. The Hall–Kier alpha value is -0.970. The molecule has 0 bridgehead atoms. The van der Waals surface area contributed by atoms with Gasteiger partial charge in [0.2, 0.25) is 0 Å². The molecule has 1 aromatic rings. The fourth-order valence-electron chi connectivity index (χ4n) is 1.37. The highest BCUT2D eigenvalue weighted by Gasteiger charge is 2.21. The topological polar surface area (TPSA) is 12.0 Å². The lowest BCUT2D eigenvalue weighted by atomic mass is 9.93. The first-order valence-electron chi connectivity index (χ1n) is 4.61. The summed E-state index contributed by atoms with van der Waals surface area (Å²) in [6.45, 7) is 4.86. The van der Waals surface area contributed by atoms with Gasteiger partial charge >= 0.3 is 0 Å². The molecule has 0 amide bonds. The summed E-state index contributed by atoms with van der Waals surface area (Å²) in [6.07, 6.45) is 5.52. The first-order chi connectivity index (χ1) is 6.62. The molecule has 0 saturated heterocycles. The van der Waals surface area contributed by atoms with E-state index < -0.39 is 5.54 Å². The van der Waals surface area contributed by atoms with E-state index in [2.05, 4.69) is 11.2 Å². The van der Waals surface area contributed by atoms with Crippen LogP contribution in [-0.2, 0) is 5.54 Å². The lowest BCUT2D eigenvalue weighted by Gasteiger charge is -2.25. The lowest BCUT2D eigenvalue weighted by Crippen LogP contribution is -2.37. The Kier molecular flexibility index (Phi) is 3.57. The Balaban J connectivity index is 3.01. The van der Waals surface area contributed by atoms with Gasteiger partial charge in [-0.05, 0) is 31.2 Å². The number of rotatable bonds is 3. The minimum atomic E-state index is -0.403. The molecule has 0 aliphatic heterocycles. The molecule has 0 aliphatic rings. The molecule has 14 heavy (non-hydrogen) atoms. The van der Waals surface area contributed by atoms with Gasteiger partial charge in [0.1, 0.15) is 5.54 Å². The molecule has 1 nitrogen and oxygen atoms in total. The van der Waals surface area contributed by atoms with Crippen molar-refractivity contribution in [1.29, 1.82) is 0 Å². The van der Waals surface area contributed by atoms with E-state index in [1.54, 1.807) is 0 Å². The number of nitrogens with one attached hydrogen (secondary N) is 1. The van der Waals surface area contributed by atoms with Crippen molar-refractivity contribution in [3.05, 3.63) is 34.9 Å². The van der Waals surface area contributed by atoms with E-state index in [9.17, 15) is 0 Å². The van der Waals surface area contributed by atoms with Gasteiger partial charge in [-0.15, -0.1) is 6.42 Å². The normalized spacial score (nSPS) is 14.4. The van der Waals surface area contributed by atoms with Crippen LogP contribution in [0.4, 0.5) is 0 Å². The maximum atomic E-state index is 5.81. The maximum Gasteiger partial charge on any atom is 0.102 e. The van der Waals surface area contributed by atoms with Crippen LogP contribution in [0.3, 0.4) is 0 Å². The fourth-order valence-corrected chi connectivity index (χ4v) is 1.50. The molecular weight excluding hydrogens is 194 g/mol. The number of hydrogen-bond acceptors (Lipinski definition) is 1. The van der Waals surface area contributed by atoms with Gasteiger partial charge in [0.15, 0.2) is 0 Å². The zero-order chi connectivity index (χ0) is 10.6. The van der Waals surface area contributed by atoms with Gasteiger partial charge in [-0.3, -0.25) is 5.32 Å². The highest BCUT2D eigenvalue weighted by molar-refractivity contribution is 6.30. The van der Waals surface area contributed by atoms with Gasteiger partial charge in [0, 0.05) is 5.02 Å². The minimum Gasteiger partial charge on any atom is -0.298 e. The third-order valence-electron chi connectivity index (χ3n) is 2.24. The van der Waals surface area contributed by atoms with Gasteiger partial charge < -0.3 is 0 Å². The first kappa shape index (κ1) is 11.1. The molecule has 0 spiro atoms. The molecule has 1 N–H and O–H groups in total. The van der Waals surface area contributed by atoms with Crippen molar-refractivity contribution in [2.75, 3.05) is 6.54 Å².